The molecule has 5 nitrogen and oxygen atoms in total. The third kappa shape index (κ3) is 5.98. The van der Waals surface area contributed by atoms with E-state index in [1.807, 2.05) is 0 Å². The van der Waals surface area contributed by atoms with Crippen molar-refractivity contribution < 1.29 is 0 Å². The first kappa shape index (κ1) is 35.5. The summed E-state index contributed by atoms with van der Waals surface area (Å²) in [6, 6.07) is 79.3. The molecule has 9 aromatic carbocycles. The van der Waals surface area contributed by atoms with Gasteiger partial charge in [-0.2, -0.15) is 15.0 Å². The molecule has 0 amide bonds. The van der Waals surface area contributed by atoms with E-state index in [1.54, 1.807) is 0 Å². The highest BCUT2D eigenvalue weighted by Gasteiger charge is 2.21. The lowest BCUT2D eigenvalue weighted by atomic mass is 9.92. The van der Waals surface area contributed by atoms with Crippen molar-refractivity contribution in [2.24, 2.45) is 0 Å². The maximum absolute atomic E-state index is 5.41. The summed E-state index contributed by atoms with van der Waals surface area (Å²) in [5.41, 5.74) is 14.2. The second kappa shape index (κ2) is 14.7. The van der Waals surface area contributed by atoms with E-state index >= 15 is 0 Å². The van der Waals surface area contributed by atoms with Gasteiger partial charge in [0, 0.05) is 27.1 Å². The second-order valence-corrected chi connectivity index (χ2v) is 15.6. The van der Waals surface area contributed by atoms with Gasteiger partial charge in [-0.1, -0.05) is 194 Å². The van der Waals surface area contributed by atoms with Gasteiger partial charge in [-0.25, -0.2) is 0 Å². The van der Waals surface area contributed by atoms with E-state index in [1.165, 1.54) is 11.1 Å². The molecule has 0 radical (unpaired) electrons. The van der Waals surface area contributed by atoms with Crippen molar-refractivity contribution in [3.05, 3.63) is 224 Å². The first-order valence-corrected chi connectivity index (χ1v) is 20.9. The number of nitrogens with zero attached hydrogens (tertiary/aromatic N) is 5. The maximum Gasteiger partial charge on any atom is 0.240 e. The van der Waals surface area contributed by atoms with Crippen molar-refractivity contribution in [3.63, 3.8) is 0 Å². The van der Waals surface area contributed by atoms with Crippen LogP contribution in [0.15, 0.2) is 224 Å². The minimum Gasteiger partial charge on any atom is -0.278 e. The number of para-hydroxylation sites is 3. The Balaban J connectivity index is 1.07. The molecule has 0 fully saturated rings. The van der Waals surface area contributed by atoms with Crippen LogP contribution in [0.5, 0.6) is 0 Å². The Hall–Kier alpha value is -8.41. The van der Waals surface area contributed by atoms with Crippen LogP contribution >= 0.6 is 0 Å². The van der Waals surface area contributed by atoms with E-state index in [4.69, 9.17) is 15.0 Å². The highest BCUT2D eigenvalue weighted by molar-refractivity contribution is 6.11. The van der Waals surface area contributed by atoms with Gasteiger partial charge in [0.2, 0.25) is 11.9 Å². The predicted molar refractivity (Wildman–Crippen MR) is 256 cm³/mol. The lowest BCUT2D eigenvalue weighted by molar-refractivity contribution is 0.893. The van der Waals surface area contributed by atoms with E-state index in [0.29, 0.717) is 17.7 Å². The molecule has 0 atom stereocenters. The molecular formula is C57H37N5. The molecule has 62 heavy (non-hydrogen) atoms. The third-order valence-electron chi connectivity index (χ3n) is 12.0. The normalized spacial score (nSPS) is 11.5. The molecule has 5 heteroatoms. The molecular weight excluding hydrogens is 755 g/mol. The minimum atomic E-state index is 0.549. The van der Waals surface area contributed by atoms with E-state index < -0.39 is 0 Å². The molecule has 12 aromatic rings. The smallest absolute Gasteiger partial charge is 0.240 e. The summed E-state index contributed by atoms with van der Waals surface area (Å²) in [5, 5.41) is 4.56. The molecule has 12 rings (SSSR count). The molecule has 0 spiro atoms. The summed E-state index contributed by atoms with van der Waals surface area (Å²) in [7, 11) is 0. The number of fused-ring (bicyclic) bond motifs is 6. The third-order valence-corrected chi connectivity index (χ3v) is 12.0. The fourth-order valence-electron chi connectivity index (χ4n) is 9.10. The van der Waals surface area contributed by atoms with Gasteiger partial charge >= 0.3 is 0 Å². The first-order chi connectivity index (χ1) is 30.7. The number of aromatic nitrogens is 5. The Bertz CT molecular complexity index is 3570. The van der Waals surface area contributed by atoms with Gasteiger partial charge in [-0.05, 0) is 74.8 Å². The van der Waals surface area contributed by atoms with Gasteiger partial charge in [-0.15, -0.1) is 0 Å². The Morgan fingerprint density at radius 1 is 0.242 bits per heavy atom. The SMILES string of the molecule is c1ccc(-c2ccc(-c3ccccc3-c3cccc(-c4nc(-n5c6ccccc6c6ccccc65)nc(-n5c6ccccc6c6ccc(-c7ccccc7)cc65)n4)c3)cc2)cc1. The molecule has 0 saturated carbocycles. The molecule has 0 aliphatic rings. The Morgan fingerprint density at radius 3 is 1.24 bits per heavy atom. The van der Waals surface area contributed by atoms with Crippen LogP contribution in [-0.4, -0.2) is 24.1 Å². The molecule has 3 aromatic heterocycles. The molecule has 0 unspecified atom stereocenters. The van der Waals surface area contributed by atoms with Crippen LogP contribution in [-0.2, 0) is 0 Å². The second-order valence-electron chi connectivity index (χ2n) is 15.6. The van der Waals surface area contributed by atoms with Gasteiger partial charge in [-0.3, -0.25) is 9.13 Å². The van der Waals surface area contributed by atoms with Crippen molar-refractivity contribution in [1.82, 2.24) is 24.1 Å². The lowest BCUT2D eigenvalue weighted by Gasteiger charge is -2.14. The van der Waals surface area contributed by atoms with Gasteiger partial charge in [0.05, 0.1) is 22.1 Å². The average Bonchev–Trinajstić information content (AvgIpc) is 3.87. The van der Waals surface area contributed by atoms with Crippen molar-refractivity contribution in [2.75, 3.05) is 0 Å². The largest absolute Gasteiger partial charge is 0.278 e. The summed E-state index contributed by atoms with van der Waals surface area (Å²) < 4.78 is 4.39. The maximum atomic E-state index is 5.41. The van der Waals surface area contributed by atoms with Crippen LogP contribution < -0.4 is 0 Å². The lowest BCUT2D eigenvalue weighted by Crippen LogP contribution is -2.10. The summed E-state index contributed by atoms with van der Waals surface area (Å²) in [5.74, 6) is 1.69. The van der Waals surface area contributed by atoms with Crippen LogP contribution in [0.25, 0.3) is 111 Å². The zero-order chi connectivity index (χ0) is 41.0. The Kier molecular flexibility index (Phi) is 8.42. The molecule has 290 valence electrons. The van der Waals surface area contributed by atoms with Crippen molar-refractivity contribution >= 4 is 43.6 Å². The van der Waals surface area contributed by atoms with E-state index in [-0.39, 0.29) is 0 Å². The molecule has 0 aliphatic carbocycles. The average molecular weight is 792 g/mol. The van der Waals surface area contributed by atoms with Crippen LogP contribution in [0.2, 0.25) is 0 Å². The number of hydrogen-bond acceptors (Lipinski definition) is 3. The van der Waals surface area contributed by atoms with Crippen LogP contribution in [0.4, 0.5) is 0 Å². The van der Waals surface area contributed by atoms with Crippen LogP contribution in [0, 0.1) is 0 Å². The quantitative estimate of drug-likeness (QED) is 0.162. The fraction of sp³-hybridized carbons (Fsp3) is 0. The van der Waals surface area contributed by atoms with Gasteiger partial charge in [0.25, 0.3) is 0 Å². The molecule has 0 aliphatic heterocycles. The van der Waals surface area contributed by atoms with Gasteiger partial charge < -0.3 is 0 Å². The monoisotopic (exact) mass is 791 g/mol. The fourth-order valence-corrected chi connectivity index (χ4v) is 9.10. The zero-order valence-electron chi connectivity index (χ0n) is 33.6. The molecule has 3 heterocycles. The Labute approximate surface area is 358 Å². The summed E-state index contributed by atoms with van der Waals surface area (Å²) >= 11 is 0. The number of hydrogen-bond donors (Lipinski definition) is 0. The minimum absolute atomic E-state index is 0.549. The summed E-state index contributed by atoms with van der Waals surface area (Å²) in [6.45, 7) is 0. The summed E-state index contributed by atoms with van der Waals surface area (Å²) in [6.07, 6.45) is 0. The molecule has 0 bridgehead atoms. The molecule has 0 saturated heterocycles. The zero-order valence-corrected chi connectivity index (χ0v) is 33.6. The summed E-state index contributed by atoms with van der Waals surface area (Å²) in [4.78, 5) is 16.2. The predicted octanol–water partition coefficient (Wildman–Crippen LogP) is 14.4. The van der Waals surface area contributed by atoms with Crippen LogP contribution in [0.1, 0.15) is 0 Å². The van der Waals surface area contributed by atoms with Crippen molar-refractivity contribution in [1.29, 1.82) is 0 Å². The van der Waals surface area contributed by atoms with Gasteiger partial charge in [0.15, 0.2) is 5.82 Å². The highest BCUT2D eigenvalue weighted by Crippen LogP contribution is 2.38. The van der Waals surface area contributed by atoms with Gasteiger partial charge in [0.1, 0.15) is 0 Å². The standard InChI is InChI=1S/C57H37N5/c1-3-16-38(17-4-1)40-30-32-41(33-31-40)45-22-7-8-23-46(45)43-20-15-21-44(36-43)55-58-56(61-51-27-12-9-24-47(51)48-25-10-13-28-52(48)61)60-57(59-55)62-53-29-14-11-26-49(53)50-35-34-42(37-54(50)62)39-18-5-2-6-19-39/h1-37H. The molecule has 0 N–H and O–H groups in total. The van der Waals surface area contributed by atoms with E-state index in [0.717, 1.165) is 82.6 Å². The first-order valence-electron chi connectivity index (χ1n) is 20.9. The topological polar surface area (TPSA) is 48.5 Å². The van der Waals surface area contributed by atoms with Crippen LogP contribution in [0.3, 0.4) is 0 Å². The van der Waals surface area contributed by atoms with Crippen molar-refractivity contribution in [3.8, 4) is 67.8 Å². The van der Waals surface area contributed by atoms with E-state index in [9.17, 15) is 0 Å². The Morgan fingerprint density at radius 2 is 0.645 bits per heavy atom. The number of benzene rings is 9. The highest BCUT2D eigenvalue weighted by atomic mass is 15.3. The number of rotatable bonds is 7. The van der Waals surface area contributed by atoms with Crippen molar-refractivity contribution in [2.45, 2.75) is 0 Å². The van der Waals surface area contributed by atoms with E-state index in [2.05, 4.69) is 234 Å².